The fraction of sp³-hybridized carbons (Fsp3) is 0.903. The van der Waals surface area contributed by atoms with Crippen molar-refractivity contribution >= 4 is 5.91 Å². The number of hydrogen-bond acceptors (Lipinski definition) is 7. The van der Waals surface area contributed by atoms with E-state index in [-0.39, 0.29) is 5.91 Å². The summed E-state index contributed by atoms with van der Waals surface area (Å²) in [4.78, 5) is 14.6. The highest BCUT2D eigenvalue weighted by Crippen LogP contribution is 2.25. The van der Waals surface area contributed by atoms with Gasteiger partial charge in [0.2, 0.25) is 5.91 Å². The zero-order valence-electron chi connectivity index (χ0n) is 24.9. The van der Waals surface area contributed by atoms with Crippen LogP contribution in [0.5, 0.6) is 0 Å². The molecule has 0 aromatic carbocycles. The molecule has 1 rings (SSSR count). The molecule has 1 amide bonds. The molecule has 4 N–H and O–H groups in total. The number of rotatable bonds is 24. The highest BCUT2D eigenvalue weighted by atomic mass is 16.6. The average Bonchev–Trinajstić information content (AvgIpc) is 2.94. The normalized spacial score (nSPS) is 23.5. The molecule has 1 fully saturated rings. The number of unbranched alkanes of at least 4 members (excludes halogenated alkanes) is 12. The van der Waals surface area contributed by atoms with Gasteiger partial charge in [-0.1, -0.05) is 83.8 Å². The van der Waals surface area contributed by atoms with Crippen molar-refractivity contribution in [2.24, 2.45) is 0 Å². The van der Waals surface area contributed by atoms with Crippen LogP contribution in [0.25, 0.3) is 0 Å². The fourth-order valence-corrected chi connectivity index (χ4v) is 4.91. The summed E-state index contributed by atoms with van der Waals surface area (Å²) in [6, 6.07) is 0. The molecule has 0 bridgehead atoms. The molecule has 0 aliphatic carbocycles. The molecular weight excluding hydrogens is 498 g/mol. The van der Waals surface area contributed by atoms with E-state index >= 15 is 0 Å². The summed E-state index contributed by atoms with van der Waals surface area (Å²) in [6.07, 6.45) is 16.4. The Morgan fingerprint density at radius 3 is 1.92 bits per heavy atom. The Balaban J connectivity index is 2.36. The van der Waals surface area contributed by atoms with Crippen LogP contribution < -0.4 is 0 Å². The monoisotopic (exact) mass is 557 g/mol. The second-order valence-corrected chi connectivity index (χ2v) is 11.0. The molecule has 0 radical (unpaired) electrons. The van der Waals surface area contributed by atoms with Crippen molar-refractivity contribution in [3.05, 3.63) is 12.2 Å². The first-order valence-electron chi connectivity index (χ1n) is 15.8. The molecule has 0 aromatic rings. The number of nitrogens with zero attached hydrogens (tertiary/aromatic N) is 1. The topological polar surface area (TPSA) is 120 Å². The van der Waals surface area contributed by atoms with Crippen LogP contribution in [0, 0.1) is 0 Å². The number of aliphatic hydroxyl groups is 4. The van der Waals surface area contributed by atoms with Gasteiger partial charge in [-0.3, -0.25) is 4.79 Å². The number of ether oxygens (including phenoxy) is 2. The number of amides is 1. The van der Waals surface area contributed by atoms with E-state index in [2.05, 4.69) is 26.0 Å². The van der Waals surface area contributed by atoms with Crippen LogP contribution in [0.15, 0.2) is 12.2 Å². The predicted molar refractivity (Wildman–Crippen MR) is 155 cm³/mol. The molecule has 1 saturated heterocycles. The lowest BCUT2D eigenvalue weighted by Crippen LogP contribution is -2.64. The van der Waals surface area contributed by atoms with E-state index in [1.807, 2.05) is 0 Å². The van der Waals surface area contributed by atoms with Crippen molar-refractivity contribution in [3.8, 4) is 0 Å². The van der Waals surface area contributed by atoms with Crippen LogP contribution in [0.4, 0.5) is 0 Å². The number of carbonyl (C=O) groups is 1. The number of hydrogen-bond donors (Lipinski definition) is 4. The van der Waals surface area contributed by atoms with Gasteiger partial charge in [0.05, 0.1) is 6.61 Å². The van der Waals surface area contributed by atoms with Gasteiger partial charge in [-0.05, 0) is 44.9 Å². The van der Waals surface area contributed by atoms with Crippen LogP contribution in [0.2, 0.25) is 0 Å². The first kappa shape index (κ1) is 36.0. The largest absolute Gasteiger partial charge is 0.394 e. The Bertz CT molecular complexity index is 616. The molecule has 0 aromatic heterocycles. The maximum Gasteiger partial charge on any atom is 0.224 e. The third-order valence-corrected chi connectivity index (χ3v) is 7.48. The van der Waals surface area contributed by atoms with Crippen molar-refractivity contribution in [2.45, 2.75) is 154 Å². The second-order valence-electron chi connectivity index (χ2n) is 11.0. The van der Waals surface area contributed by atoms with Crippen LogP contribution in [-0.4, -0.2) is 88.2 Å². The van der Waals surface area contributed by atoms with Crippen LogP contribution in [-0.2, 0) is 14.3 Å². The van der Waals surface area contributed by atoms with E-state index in [4.69, 9.17) is 9.47 Å². The molecule has 0 saturated carbocycles. The van der Waals surface area contributed by atoms with E-state index in [1.165, 1.54) is 49.8 Å². The standard InChI is InChI=1S/C31H59NO7/c1-3-5-7-8-9-10-11-12-13-14-15-16-17-18-19-21-27(34)32(22-20-24-38-23-6-4-2)31-30(37)29(36)28(35)26(25-33)39-31/h12-13,26,28-31,33,35-37H,3-11,14-25H2,1-2H3/b13-12-/t26-,28-,29+,30-,31?/m1/s1. The van der Waals surface area contributed by atoms with Crippen LogP contribution in [0.1, 0.15) is 123 Å². The minimum Gasteiger partial charge on any atom is -0.394 e. The molecular formula is C31H59NO7. The Morgan fingerprint density at radius 1 is 0.744 bits per heavy atom. The van der Waals surface area contributed by atoms with Gasteiger partial charge in [0.25, 0.3) is 0 Å². The van der Waals surface area contributed by atoms with Gasteiger partial charge in [0.1, 0.15) is 24.4 Å². The molecule has 1 aliphatic rings. The number of carbonyl (C=O) groups excluding carboxylic acids is 1. The predicted octanol–water partition coefficient (Wildman–Crippen LogP) is 4.86. The van der Waals surface area contributed by atoms with Gasteiger partial charge in [0, 0.05) is 26.2 Å². The SMILES string of the molecule is CCCCCCCC/C=C\CCCCCCCC(=O)N(CCCOCCCC)C1O[C@H](CO)[C@@H](O)[C@H](O)[C@H]1O. The Hall–Kier alpha value is -1.03. The van der Waals surface area contributed by atoms with Crippen molar-refractivity contribution in [1.82, 2.24) is 4.90 Å². The molecule has 0 spiro atoms. The number of allylic oxidation sites excluding steroid dienone is 2. The molecule has 39 heavy (non-hydrogen) atoms. The summed E-state index contributed by atoms with van der Waals surface area (Å²) in [7, 11) is 0. The van der Waals surface area contributed by atoms with Crippen molar-refractivity contribution < 1.29 is 34.7 Å². The Kier molecular flexibility index (Phi) is 21.8. The summed E-state index contributed by atoms with van der Waals surface area (Å²) < 4.78 is 11.3. The third kappa shape index (κ3) is 15.5. The van der Waals surface area contributed by atoms with E-state index in [9.17, 15) is 25.2 Å². The molecule has 230 valence electrons. The van der Waals surface area contributed by atoms with E-state index in [0.717, 1.165) is 51.4 Å². The first-order valence-corrected chi connectivity index (χ1v) is 15.8. The molecule has 5 atom stereocenters. The summed E-state index contributed by atoms with van der Waals surface area (Å²) in [6.45, 7) is 5.28. The van der Waals surface area contributed by atoms with Gasteiger partial charge < -0.3 is 34.8 Å². The quantitative estimate of drug-likeness (QED) is 0.0988. The minimum absolute atomic E-state index is 0.162. The highest BCUT2D eigenvalue weighted by Gasteiger charge is 2.46. The molecule has 1 unspecified atom stereocenters. The van der Waals surface area contributed by atoms with Crippen molar-refractivity contribution in [3.63, 3.8) is 0 Å². The van der Waals surface area contributed by atoms with Gasteiger partial charge in [-0.2, -0.15) is 0 Å². The summed E-state index contributed by atoms with van der Waals surface area (Å²) in [5.41, 5.74) is 0. The van der Waals surface area contributed by atoms with Gasteiger partial charge in [-0.15, -0.1) is 0 Å². The molecule has 1 heterocycles. The highest BCUT2D eigenvalue weighted by molar-refractivity contribution is 5.76. The zero-order chi connectivity index (χ0) is 28.7. The molecule has 8 nitrogen and oxygen atoms in total. The smallest absolute Gasteiger partial charge is 0.224 e. The fourth-order valence-electron chi connectivity index (χ4n) is 4.91. The van der Waals surface area contributed by atoms with Gasteiger partial charge in [0.15, 0.2) is 6.23 Å². The maximum absolute atomic E-state index is 13.1. The average molecular weight is 558 g/mol. The summed E-state index contributed by atoms with van der Waals surface area (Å²) in [5.74, 6) is -0.162. The summed E-state index contributed by atoms with van der Waals surface area (Å²) >= 11 is 0. The van der Waals surface area contributed by atoms with E-state index < -0.39 is 37.3 Å². The van der Waals surface area contributed by atoms with E-state index in [0.29, 0.717) is 32.6 Å². The van der Waals surface area contributed by atoms with Crippen molar-refractivity contribution in [2.75, 3.05) is 26.4 Å². The Labute approximate surface area is 237 Å². The second kappa shape index (κ2) is 23.7. The van der Waals surface area contributed by atoms with Gasteiger partial charge >= 0.3 is 0 Å². The van der Waals surface area contributed by atoms with Crippen LogP contribution in [0.3, 0.4) is 0 Å². The maximum atomic E-state index is 13.1. The lowest BCUT2D eigenvalue weighted by Gasteiger charge is -2.44. The van der Waals surface area contributed by atoms with Crippen LogP contribution >= 0.6 is 0 Å². The zero-order valence-corrected chi connectivity index (χ0v) is 24.9. The summed E-state index contributed by atoms with van der Waals surface area (Å²) in [5, 5.41) is 40.5. The lowest BCUT2D eigenvalue weighted by molar-refractivity contribution is -0.262. The molecule has 8 heteroatoms. The lowest BCUT2D eigenvalue weighted by atomic mass is 9.97. The third-order valence-electron chi connectivity index (χ3n) is 7.48. The minimum atomic E-state index is -1.50. The van der Waals surface area contributed by atoms with Crippen molar-refractivity contribution in [1.29, 1.82) is 0 Å². The number of aliphatic hydroxyl groups excluding tert-OH is 4. The Morgan fingerprint density at radius 2 is 1.31 bits per heavy atom. The van der Waals surface area contributed by atoms with Gasteiger partial charge in [-0.25, -0.2) is 0 Å². The first-order chi connectivity index (χ1) is 19.0. The molecule has 1 aliphatic heterocycles. The van der Waals surface area contributed by atoms with E-state index in [1.54, 1.807) is 0 Å².